The lowest BCUT2D eigenvalue weighted by atomic mass is 10.2. The predicted octanol–water partition coefficient (Wildman–Crippen LogP) is 1.73. The molecule has 0 amide bonds. The highest BCUT2D eigenvalue weighted by molar-refractivity contribution is 7.98. The number of non-ortho nitro benzene ring substituents is 1. The molecule has 0 unspecified atom stereocenters. The van der Waals surface area contributed by atoms with E-state index in [1.54, 1.807) is 12.1 Å². The lowest BCUT2D eigenvalue weighted by molar-refractivity contribution is -0.384. The number of nitro benzene ring substituents is 1. The van der Waals surface area contributed by atoms with Gasteiger partial charge in [-0.15, -0.1) is 10.2 Å². The van der Waals surface area contributed by atoms with Crippen molar-refractivity contribution in [2.45, 2.75) is 17.5 Å². The fourth-order valence-corrected chi connectivity index (χ4v) is 1.97. The van der Waals surface area contributed by atoms with E-state index in [1.165, 1.54) is 23.9 Å². The molecule has 18 heavy (non-hydrogen) atoms. The maximum Gasteiger partial charge on any atom is 0.276 e. The second-order valence-electron chi connectivity index (χ2n) is 3.38. The number of benzene rings is 1. The van der Waals surface area contributed by atoms with Crippen molar-refractivity contribution in [2.24, 2.45) is 5.73 Å². The Morgan fingerprint density at radius 3 is 2.61 bits per heavy atom. The van der Waals surface area contributed by atoms with Gasteiger partial charge >= 0.3 is 0 Å². The van der Waals surface area contributed by atoms with E-state index in [2.05, 4.69) is 10.2 Å². The van der Waals surface area contributed by atoms with Gasteiger partial charge in [0.2, 0.25) is 5.89 Å². The number of nitrogens with zero attached hydrogens (tertiary/aromatic N) is 3. The number of aromatic nitrogens is 2. The third-order valence-electron chi connectivity index (χ3n) is 2.13. The first-order chi connectivity index (χ1) is 8.69. The number of hydrogen-bond donors (Lipinski definition) is 1. The van der Waals surface area contributed by atoms with Crippen LogP contribution >= 0.6 is 11.8 Å². The minimum absolute atomic E-state index is 0.0759. The molecule has 0 atom stereocenters. The van der Waals surface area contributed by atoms with Gasteiger partial charge in [0.1, 0.15) is 0 Å². The summed E-state index contributed by atoms with van der Waals surface area (Å²) in [7, 11) is 0. The predicted molar refractivity (Wildman–Crippen MR) is 64.8 cm³/mol. The molecule has 1 aromatic heterocycles. The van der Waals surface area contributed by atoms with Gasteiger partial charge in [0.25, 0.3) is 10.9 Å². The van der Waals surface area contributed by atoms with Crippen LogP contribution in [0.25, 0.3) is 0 Å². The van der Waals surface area contributed by atoms with Gasteiger partial charge in [-0.05, 0) is 5.56 Å². The number of rotatable bonds is 5. The quantitative estimate of drug-likeness (QED) is 0.498. The van der Waals surface area contributed by atoms with E-state index < -0.39 is 4.92 Å². The van der Waals surface area contributed by atoms with Crippen LogP contribution in [-0.2, 0) is 12.3 Å². The van der Waals surface area contributed by atoms with Crippen LogP contribution in [0.1, 0.15) is 11.5 Å². The Hall–Kier alpha value is -1.93. The zero-order valence-corrected chi connectivity index (χ0v) is 10.1. The average molecular weight is 266 g/mol. The van der Waals surface area contributed by atoms with E-state index in [-0.39, 0.29) is 12.2 Å². The maximum absolute atomic E-state index is 10.5. The first kappa shape index (κ1) is 12.5. The van der Waals surface area contributed by atoms with Crippen molar-refractivity contribution in [1.82, 2.24) is 10.2 Å². The summed E-state index contributed by atoms with van der Waals surface area (Å²) >= 11 is 1.36. The first-order valence-corrected chi connectivity index (χ1v) is 6.06. The second-order valence-corrected chi connectivity index (χ2v) is 4.30. The van der Waals surface area contributed by atoms with E-state index in [1.807, 2.05) is 0 Å². The minimum Gasteiger partial charge on any atom is -0.415 e. The summed E-state index contributed by atoms with van der Waals surface area (Å²) < 4.78 is 5.22. The molecule has 2 rings (SSSR count). The van der Waals surface area contributed by atoms with Crippen molar-refractivity contribution in [3.8, 4) is 0 Å². The third kappa shape index (κ3) is 3.05. The fraction of sp³-hybridized carbons (Fsp3) is 0.200. The molecule has 0 saturated carbocycles. The lowest BCUT2D eigenvalue weighted by Crippen LogP contribution is -1.95. The highest BCUT2D eigenvalue weighted by Crippen LogP contribution is 2.22. The molecule has 2 N–H and O–H groups in total. The monoisotopic (exact) mass is 266 g/mol. The minimum atomic E-state index is -0.428. The van der Waals surface area contributed by atoms with Gasteiger partial charge in [-0.2, -0.15) is 0 Å². The van der Waals surface area contributed by atoms with Crippen molar-refractivity contribution in [3.05, 3.63) is 45.8 Å². The molecule has 1 heterocycles. The van der Waals surface area contributed by atoms with Crippen LogP contribution in [0.3, 0.4) is 0 Å². The molecule has 8 heteroatoms. The Morgan fingerprint density at radius 2 is 2.06 bits per heavy atom. The molecule has 0 saturated heterocycles. The van der Waals surface area contributed by atoms with Crippen LogP contribution in [0.5, 0.6) is 0 Å². The molecule has 0 aliphatic rings. The van der Waals surface area contributed by atoms with Gasteiger partial charge in [0, 0.05) is 17.9 Å². The Morgan fingerprint density at radius 1 is 1.33 bits per heavy atom. The summed E-state index contributed by atoms with van der Waals surface area (Å²) in [4.78, 5) is 10.1. The summed E-state index contributed by atoms with van der Waals surface area (Å²) in [5.74, 6) is 0.991. The Labute approximate surface area is 107 Å². The van der Waals surface area contributed by atoms with Gasteiger partial charge in [-0.1, -0.05) is 23.9 Å². The molecule has 0 aliphatic carbocycles. The van der Waals surface area contributed by atoms with E-state index >= 15 is 0 Å². The zero-order chi connectivity index (χ0) is 13.0. The zero-order valence-electron chi connectivity index (χ0n) is 9.28. The molecule has 0 aliphatic heterocycles. The van der Waals surface area contributed by atoms with Crippen molar-refractivity contribution in [1.29, 1.82) is 0 Å². The lowest BCUT2D eigenvalue weighted by Gasteiger charge is -1.97. The Balaban J connectivity index is 1.95. The van der Waals surface area contributed by atoms with E-state index in [0.29, 0.717) is 16.9 Å². The molecule has 0 radical (unpaired) electrons. The van der Waals surface area contributed by atoms with Gasteiger partial charge in [0.05, 0.1) is 11.5 Å². The summed E-state index contributed by atoms with van der Waals surface area (Å²) in [6, 6.07) is 6.33. The Bertz CT molecular complexity index is 540. The van der Waals surface area contributed by atoms with Crippen LogP contribution in [-0.4, -0.2) is 15.1 Å². The molecule has 7 nitrogen and oxygen atoms in total. The van der Waals surface area contributed by atoms with Crippen LogP contribution in [0.2, 0.25) is 0 Å². The summed E-state index contributed by atoms with van der Waals surface area (Å²) in [5.41, 5.74) is 6.36. The van der Waals surface area contributed by atoms with Crippen LogP contribution in [0, 0.1) is 10.1 Å². The van der Waals surface area contributed by atoms with Crippen molar-refractivity contribution < 1.29 is 9.34 Å². The van der Waals surface area contributed by atoms with Gasteiger partial charge in [-0.25, -0.2) is 0 Å². The molecular weight excluding hydrogens is 256 g/mol. The number of hydrogen-bond acceptors (Lipinski definition) is 7. The Kier molecular flexibility index (Phi) is 3.90. The first-order valence-electron chi connectivity index (χ1n) is 5.07. The summed E-state index contributed by atoms with van der Waals surface area (Å²) in [6.45, 7) is 0.213. The number of nitrogens with two attached hydrogens (primary N) is 1. The number of thioether (sulfide) groups is 1. The summed E-state index contributed by atoms with van der Waals surface area (Å²) in [5, 5.41) is 18.5. The largest absolute Gasteiger partial charge is 0.415 e. The molecular formula is C10H10N4O3S. The van der Waals surface area contributed by atoms with Crippen LogP contribution in [0.15, 0.2) is 33.9 Å². The third-order valence-corrected chi connectivity index (χ3v) is 3.02. The standard InChI is InChI=1S/C10H10N4O3S/c11-5-9-12-13-10(17-9)18-6-7-1-3-8(4-2-7)14(15)16/h1-4H,5-6,11H2. The van der Waals surface area contributed by atoms with Crippen molar-refractivity contribution in [3.63, 3.8) is 0 Å². The van der Waals surface area contributed by atoms with Crippen LogP contribution < -0.4 is 5.73 Å². The highest BCUT2D eigenvalue weighted by atomic mass is 32.2. The molecule has 94 valence electrons. The van der Waals surface area contributed by atoms with Gasteiger partial charge < -0.3 is 10.2 Å². The van der Waals surface area contributed by atoms with E-state index in [9.17, 15) is 10.1 Å². The van der Waals surface area contributed by atoms with E-state index in [0.717, 1.165) is 5.56 Å². The second kappa shape index (κ2) is 5.61. The van der Waals surface area contributed by atoms with Crippen LogP contribution in [0.4, 0.5) is 5.69 Å². The SMILES string of the molecule is NCc1nnc(SCc2ccc([N+](=O)[O-])cc2)o1. The van der Waals surface area contributed by atoms with Gasteiger partial charge in [0.15, 0.2) is 0 Å². The molecule has 0 fully saturated rings. The summed E-state index contributed by atoms with van der Waals surface area (Å²) in [6.07, 6.45) is 0. The van der Waals surface area contributed by atoms with Crippen molar-refractivity contribution >= 4 is 17.4 Å². The van der Waals surface area contributed by atoms with E-state index in [4.69, 9.17) is 10.2 Å². The highest BCUT2D eigenvalue weighted by Gasteiger charge is 2.07. The topological polar surface area (TPSA) is 108 Å². The normalized spacial score (nSPS) is 10.5. The smallest absolute Gasteiger partial charge is 0.276 e. The fourth-order valence-electron chi connectivity index (χ4n) is 1.24. The average Bonchev–Trinajstić information content (AvgIpc) is 2.85. The molecule has 0 bridgehead atoms. The molecule has 2 aromatic rings. The van der Waals surface area contributed by atoms with Crippen molar-refractivity contribution in [2.75, 3.05) is 0 Å². The molecule has 1 aromatic carbocycles. The molecule has 0 spiro atoms. The van der Waals surface area contributed by atoms with Gasteiger partial charge in [-0.3, -0.25) is 10.1 Å². The number of nitro groups is 1. The maximum atomic E-state index is 10.5.